The molecule has 7 nitrogen and oxygen atoms in total. The Morgan fingerprint density at radius 1 is 1.42 bits per heavy atom. The summed E-state index contributed by atoms with van der Waals surface area (Å²) >= 11 is 0. The van der Waals surface area contributed by atoms with Crippen LogP contribution in [0.15, 0.2) is 18.2 Å². The van der Waals surface area contributed by atoms with Crippen molar-refractivity contribution in [3.8, 4) is 0 Å². The molecule has 0 fully saturated rings. The van der Waals surface area contributed by atoms with Gasteiger partial charge in [-0.05, 0) is 17.9 Å². The second-order valence-corrected chi connectivity index (χ2v) is 4.05. The van der Waals surface area contributed by atoms with E-state index in [0.717, 1.165) is 25.0 Å². The van der Waals surface area contributed by atoms with Crippen molar-refractivity contribution in [1.82, 2.24) is 5.32 Å². The first-order chi connectivity index (χ1) is 8.95. The summed E-state index contributed by atoms with van der Waals surface area (Å²) < 4.78 is 0. The monoisotopic (exact) mass is 266 g/mol. The molecular weight excluding hydrogens is 251 g/mol. The number of hydrogen-bond donors (Lipinski definition) is 3. The van der Waals surface area contributed by atoms with E-state index >= 15 is 0 Å². The van der Waals surface area contributed by atoms with Gasteiger partial charge in [0.25, 0.3) is 11.6 Å². The standard InChI is InChI=1S/C11H15BN2O5/c1-2-3-4-13-11(15)8-5-9(12(16)17)7-10(6-8)14(18)19/h5-7,16-17H,2-4H2,1H3,(H,13,15). The molecule has 0 saturated heterocycles. The second kappa shape index (κ2) is 6.86. The largest absolute Gasteiger partial charge is 0.488 e. The first-order valence-electron chi connectivity index (χ1n) is 5.89. The third-order valence-corrected chi connectivity index (χ3v) is 2.53. The number of amides is 1. The Hall–Kier alpha value is -1.93. The maximum atomic E-state index is 11.8. The molecule has 1 rings (SSSR count). The Balaban J connectivity index is 2.99. The molecule has 0 radical (unpaired) electrons. The van der Waals surface area contributed by atoms with Crippen molar-refractivity contribution in [3.63, 3.8) is 0 Å². The zero-order valence-corrected chi connectivity index (χ0v) is 10.5. The highest BCUT2D eigenvalue weighted by Crippen LogP contribution is 2.12. The maximum Gasteiger partial charge on any atom is 0.488 e. The van der Waals surface area contributed by atoms with E-state index in [9.17, 15) is 14.9 Å². The smallest absolute Gasteiger partial charge is 0.423 e. The molecule has 0 bridgehead atoms. The number of nitro groups is 1. The number of nitro benzene ring substituents is 1. The zero-order chi connectivity index (χ0) is 14.4. The minimum atomic E-state index is -1.86. The van der Waals surface area contributed by atoms with Crippen LogP contribution in [0, 0.1) is 10.1 Å². The number of nitrogens with zero attached hydrogens (tertiary/aromatic N) is 1. The fraction of sp³-hybridized carbons (Fsp3) is 0.364. The number of carbonyl (C=O) groups excluding carboxylic acids is 1. The minimum absolute atomic E-state index is 0.0356. The Bertz CT molecular complexity index is 478. The third-order valence-electron chi connectivity index (χ3n) is 2.53. The number of non-ortho nitro benzene ring substituents is 1. The van der Waals surface area contributed by atoms with E-state index in [0.29, 0.717) is 6.54 Å². The van der Waals surface area contributed by atoms with Gasteiger partial charge in [0.05, 0.1) is 4.92 Å². The molecule has 3 N–H and O–H groups in total. The van der Waals surface area contributed by atoms with Crippen LogP contribution >= 0.6 is 0 Å². The van der Waals surface area contributed by atoms with Gasteiger partial charge in [0, 0.05) is 24.2 Å². The van der Waals surface area contributed by atoms with Crippen LogP contribution in [0.2, 0.25) is 0 Å². The summed E-state index contributed by atoms with van der Waals surface area (Å²) in [6, 6.07) is 3.35. The van der Waals surface area contributed by atoms with Crippen molar-refractivity contribution in [2.45, 2.75) is 19.8 Å². The molecule has 0 aliphatic carbocycles. The molecule has 19 heavy (non-hydrogen) atoms. The number of nitrogens with one attached hydrogen (secondary N) is 1. The highest BCUT2D eigenvalue weighted by atomic mass is 16.6. The van der Waals surface area contributed by atoms with Crippen molar-refractivity contribution >= 4 is 24.2 Å². The zero-order valence-electron chi connectivity index (χ0n) is 10.5. The first-order valence-corrected chi connectivity index (χ1v) is 5.89. The van der Waals surface area contributed by atoms with Gasteiger partial charge in [0.2, 0.25) is 0 Å². The summed E-state index contributed by atoms with van der Waals surface area (Å²) in [5, 5.41) is 31.4. The lowest BCUT2D eigenvalue weighted by molar-refractivity contribution is -0.384. The molecule has 0 aliphatic heterocycles. The predicted octanol–water partition coefficient (Wildman–Crippen LogP) is -0.196. The average Bonchev–Trinajstić information content (AvgIpc) is 2.38. The van der Waals surface area contributed by atoms with Crippen molar-refractivity contribution in [3.05, 3.63) is 33.9 Å². The second-order valence-electron chi connectivity index (χ2n) is 4.05. The van der Waals surface area contributed by atoms with Gasteiger partial charge in [-0.2, -0.15) is 0 Å². The van der Waals surface area contributed by atoms with Gasteiger partial charge >= 0.3 is 7.12 Å². The molecule has 1 aromatic carbocycles. The van der Waals surface area contributed by atoms with Crippen LogP contribution in [0.3, 0.4) is 0 Å². The van der Waals surface area contributed by atoms with Crippen LogP contribution in [0.1, 0.15) is 30.1 Å². The van der Waals surface area contributed by atoms with Gasteiger partial charge in [0.15, 0.2) is 0 Å². The van der Waals surface area contributed by atoms with Crippen LogP contribution in [0.5, 0.6) is 0 Å². The van der Waals surface area contributed by atoms with Gasteiger partial charge in [0.1, 0.15) is 0 Å². The maximum absolute atomic E-state index is 11.8. The summed E-state index contributed by atoms with van der Waals surface area (Å²) in [5.41, 5.74) is -0.408. The molecule has 0 atom stereocenters. The van der Waals surface area contributed by atoms with Crippen molar-refractivity contribution in [1.29, 1.82) is 0 Å². The minimum Gasteiger partial charge on any atom is -0.423 e. The molecule has 0 heterocycles. The summed E-state index contributed by atoms with van der Waals surface area (Å²) in [5.74, 6) is -0.473. The van der Waals surface area contributed by atoms with E-state index in [2.05, 4.69) is 5.32 Å². The summed E-state index contributed by atoms with van der Waals surface area (Å²) in [4.78, 5) is 21.8. The quantitative estimate of drug-likeness (QED) is 0.286. The van der Waals surface area contributed by atoms with E-state index in [1.807, 2.05) is 6.92 Å². The molecule has 8 heteroatoms. The van der Waals surface area contributed by atoms with Crippen LogP contribution in [0.25, 0.3) is 0 Å². The first kappa shape index (κ1) is 15.1. The SMILES string of the molecule is CCCCNC(=O)c1cc(B(O)O)cc([N+](=O)[O-])c1. The highest BCUT2D eigenvalue weighted by molar-refractivity contribution is 6.58. The number of unbranched alkanes of at least 4 members (excludes halogenated alkanes) is 1. The van der Waals surface area contributed by atoms with Gasteiger partial charge in [-0.3, -0.25) is 14.9 Å². The topological polar surface area (TPSA) is 113 Å². The highest BCUT2D eigenvalue weighted by Gasteiger charge is 2.19. The molecule has 0 spiro atoms. The molecule has 0 unspecified atom stereocenters. The Kier molecular flexibility index (Phi) is 5.46. The van der Waals surface area contributed by atoms with Crippen LogP contribution < -0.4 is 10.8 Å². The number of hydrogen-bond acceptors (Lipinski definition) is 5. The lowest BCUT2D eigenvalue weighted by atomic mass is 9.79. The van der Waals surface area contributed by atoms with E-state index in [-0.39, 0.29) is 16.7 Å². The molecule has 0 aromatic heterocycles. The molecular formula is C11H15BN2O5. The van der Waals surface area contributed by atoms with Gasteiger partial charge in [-0.25, -0.2) is 0 Å². The molecule has 1 aromatic rings. The van der Waals surface area contributed by atoms with E-state index in [1.54, 1.807) is 0 Å². The number of rotatable bonds is 6. The van der Waals surface area contributed by atoms with Crippen LogP contribution in [-0.4, -0.2) is 34.5 Å². The number of benzene rings is 1. The molecule has 0 saturated carbocycles. The predicted molar refractivity (Wildman–Crippen MR) is 70.2 cm³/mol. The number of carbonyl (C=O) groups is 1. The van der Waals surface area contributed by atoms with Crippen molar-refractivity contribution < 1.29 is 19.8 Å². The molecule has 1 amide bonds. The van der Waals surface area contributed by atoms with E-state index in [4.69, 9.17) is 10.0 Å². The van der Waals surface area contributed by atoms with Crippen molar-refractivity contribution in [2.75, 3.05) is 6.54 Å². The Labute approximate surface area is 110 Å². The van der Waals surface area contributed by atoms with Gasteiger partial charge < -0.3 is 15.4 Å². The third kappa shape index (κ3) is 4.34. The fourth-order valence-corrected chi connectivity index (χ4v) is 1.50. The van der Waals surface area contributed by atoms with Gasteiger partial charge in [-0.15, -0.1) is 0 Å². The Morgan fingerprint density at radius 3 is 2.63 bits per heavy atom. The van der Waals surface area contributed by atoms with E-state index < -0.39 is 17.9 Å². The van der Waals surface area contributed by atoms with Crippen LogP contribution in [-0.2, 0) is 0 Å². The normalized spacial score (nSPS) is 10.1. The average molecular weight is 266 g/mol. The molecule has 0 aliphatic rings. The fourth-order valence-electron chi connectivity index (χ4n) is 1.50. The van der Waals surface area contributed by atoms with Crippen LogP contribution in [0.4, 0.5) is 5.69 Å². The lowest BCUT2D eigenvalue weighted by Crippen LogP contribution is -2.32. The van der Waals surface area contributed by atoms with E-state index in [1.165, 1.54) is 6.07 Å². The van der Waals surface area contributed by atoms with Gasteiger partial charge in [-0.1, -0.05) is 13.3 Å². The summed E-state index contributed by atoms with van der Waals surface area (Å²) in [6.07, 6.45) is 1.71. The van der Waals surface area contributed by atoms with Crippen molar-refractivity contribution in [2.24, 2.45) is 0 Å². The Morgan fingerprint density at radius 2 is 2.11 bits per heavy atom. The lowest BCUT2D eigenvalue weighted by Gasteiger charge is -2.06. The summed E-state index contributed by atoms with van der Waals surface area (Å²) in [7, 11) is -1.86. The molecule has 102 valence electrons. The summed E-state index contributed by atoms with van der Waals surface area (Å²) in [6.45, 7) is 2.44.